The van der Waals surface area contributed by atoms with E-state index in [2.05, 4.69) is 34.5 Å². The summed E-state index contributed by atoms with van der Waals surface area (Å²) in [4.78, 5) is 29.3. The molecule has 0 saturated carbocycles. The molecule has 0 saturated heterocycles. The second kappa shape index (κ2) is 9.27. The van der Waals surface area contributed by atoms with E-state index in [1.54, 1.807) is 18.7 Å². The van der Waals surface area contributed by atoms with E-state index in [-0.39, 0.29) is 12.3 Å². The molecule has 0 aliphatic carbocycles. The van der Waals surface area contributed by atoms with Gasteiger partial charge in [0.2, 0.25) is 0 Å². The molecule has 1 atom stereocenters. The highest BCUT2D eigenvalue weighted by atomic mass is 32.2. The number of esters is 1. The van der Waals surface area contributed by atoms with E-state index in [4.69, 9.17) is 4.74 Å². The van der Waals surface area contributed by atoms with Crippen molar-refractivity contribution in [2.24, 2.45) is 0 Å². The number of rotatable bonds is 6. The molecule has 31 heavy (non-hydrogen) atoms. The summed E-state index contributed by atoms with van der Waals surface area (Å²) < 4.78 is 5.39. The number of fused-ring (bicyclic) bond motifs is 2. The van der Waals surface area contributed by atoms with Crippen LogP contribution < -0.4 is 10.2 Å². The van der Waals surface area contributed by atoms with Crippen LogP contribution in [0.3, 0.4) is 0 Å². The number of aryl methyl sites for hydroxylation is 1. The summed E-state index contributed by atoms with van der Waals surface area (Å²) in [5.74, 6) is -0.748. The number of carbonyl (C=O) groups is 2. The highest BCUT2D eigenvalue weighted by molar-refractivity contribution is 7.99. The molecule has 4 rings (SSSR count). The van der Waals surface area contributed by atoms with Gasteiger partial charge in [0.15, 0.2) is 6.10 Å². The third kappa shape index (κ3) is 4.91. The number of nitrogens with one attached hydrogen (secondary N) is 1. The van der Waals surface area contributed by atoms with Crippen LogP contribution in [-0.4, -0.2) is 24.5 Å². The van der Waals surface area contributed by atoms with Crippen molar-refractivity contribution in [1.82, 2.24) is 0 Å². The largest absolute Gasteiger partial charge is 0.452 e. The lowest BCUT2D eigenvalue weighted by Gasteiger charge is -2.32. The molecule has 1 aliphatic rings. The van der Waals surface area contributed by atoms with Crippen molar-refractivity contribution < 1.29 is 14.3 Å². The van der Waals surface area contributed by atoms with Crippen LogP contribution in [0.1, 0.15) is 18.9 Å². The van der Waals surface area contributed by atoms with Gasteiger partial charge in [0.05, 0.1) is 17.8 Å². The first-order valence-electron chi connectivity index (χ1n) is 10.2. The predicted molar refractivity (Wildman–Crippen MR) is 124 cm³/mol. The SMILES string of the molecule is Cc1ccc(NC(=O)C(C)OC(=O)CCN2c3ccccc3Sc3ccccc32)cc1. The fraction of sp³-hybridized carbons (Fsp3) is 0.200. The smallest absolute Gasteiger partial charge is 0.308 e. The topological polar surface area (TPSA) is 58.6 Å². The highest BCUT2D eigenvalue weighted by Gasteiger charge is 2.24. The highest BCUT2D eigenvalue weighted by Crippen LogP contribution is 2.47. The minimum Gasteiger partial charge on any atom is -0.452 e. The Bertz CT molecular complexity index is 1050. The van der Waals surface area contributed by atoms with E-state index in [1.165, 1.54) is 0 Å². The maximum absolute atomic E-state index is 12.5. The second-order valence-corrected chi connectivity index (χ2v) is 8.51. The van der Waals surface area contributed by atoms with Crippen molar-refractivity contribution in [2.75, 3.05) is 16.8 Å². The quantitative estimate of drug-likeness (QED) is 0.517. The van der Waals surface area contributed by atoms with Crippen LogP contribution in [0.15, 0.2) is 82.6 Å². The summed E-state index contributed by atoms with van der Waals surface area (Å²) in [6.45, 7) is 4.04. The Morgan fingerprint density at radius 1 is 0.935 bits per heavy atom. The first-order valence-corrected chi connectivity index (χ1v) is 11.0. The van der Waals surface area contributed by atoms with Crippen LogP contribution in [0.5, 0.6) is 0 Å². The van der Waals surface area contributed by atoms with E-state index in [0.717, 1.165) is 26.7 Å². The number of benzene rings is 3. The maximum Gasteiger partial charge on any atom is 0.308 e. The first-order chi connectivity index (χ1) is 15.0. The van der Waals surface area contributed by atoms with Crippen molar-refractivity contribution in [3.8, 4) is 0 Å². The molecule has 1 amide bonds. The van der Waals surface area contributed by atoms with E-state index < -0.39 is 12.1 Å². The van der Waals surface area contributed by atoms with E-state index in [9.17, 15) is 9.59 Å². The van der Waals surface area contributed by atoms with Gasteiger partial charge in [-0.25, -0.2) is 0 Å². The number of hydrogen-bond acceptors (Lipinski definition) is 5. The van der Waals surface area contributed by atoms with E-state index in [1.807, 2.05) is 55.5 Å². The molecule has 0 aromatic heterocycles. The van der Waals surface area contributed by atoms with Gasteiger partial charge < -0.3 is 15.0 Å². The van der Waals surface area contributed by atoms with Crippen LogP contribution in [0.4, 0.5) is 17.1 Å². The molecule has 0 radical (unpaired) electrons. The molecule has 0 spiro atoms. The van der Waals surface area contributed by atoms with Gasteiger partial charge in [-0.05, 0) is 50.2 Å². The fourth-order valence-corrected chi connectivity index (χ4v) is 4.51. The van der Waals surface area contributed by atoms with Crippen LogP contribution >= 0.6 is 11.8 Å². The number of nitrogens with zero attached hydrogens (tertiary/aromatic N) is 1. The Labute approximate surface area is 186 Å². The summed E-state index contributed by atoms with van der Waals surface area (Å²) in [7, 11) is 0. The van der Waals surface area contributed by atoms with Gasteiger partial charge in [0.1, 0.15) is 0 Å². The van der Waals surface area contributed by atoms with Gasteiger partial charge in [0, 0.05) is 22.0 Å². The molecule has 6 heteroatoms. The molecule has 1 heterocycles. The lowest BCUT2D eigenvalue weighted by Crippen LogP contribution is -2.31. The average molecular weight is 433 g/mol. The molecule has 1 N–H and O–H groups in total. The zero-order valence-electron chi connectivity index (χ0n) is 17.5. The Kier molecular flexibility index (Phi) is 6.28. The number of hydrogen-bond donors (Lipinski definition) is 1. The van der Waals surface area contributed by atoms with Gasteiger partial charge in [0.25, 0.3) is 5.91 Å². The third-order valence-corrected chi connectivity index (χ3v) is 6.20. The van der Waals surface area contributed by atoms with Gasteiger partial charge in [-0.2, -0.15) is 0 Å². The Morgan fingerprint density at radius 3 is 2.13 bits per heavy atom. The maximum atomic E-state index is 12.5. The van der Waals surface area contributed by atoms with Crippen molar-refractivity contribution in [3.63, 3.8) is 0 Å². The Hall–Kier alpha value is -3.25. The summed E-state index contributed by atoms with van der Waals surface area (Å²) in [5, 5.41) is 2.78. The Morgan fingerprint density at radius 2 is 1.52 bits per heavy atom. The van der Waals surface area contributed by atoms with Crippen molar-refractivity contribution >= 4 is 40.7 Å². The van der Waals surface area contributed by atoms with Crippen LogP contribution in [-0.2, 0) is 14.3 Å². The Balaban J connectivity index is 1.38. The lowest BCUT2D eigenvalue weighted by molar-refractivity contribution is -0.152. The summed E-state index contributed by atoms with van der Waals surface area (Å²) in [5.41, 5.74) is 3.93. The molecule has 1 unspecified atom stereocenters. The summed E-state index contributed by atoms with van der Waals surface area (Å²) in [6.07, 6.45) is -0.694. The van der Waals surface area contributed by atoms with Crippen molar-refractivity contribution in [1.29, 1.82) is 0 Å². The first kappa shape index (κ1) is 21.0. The van der Waals surface area contributed by atoms with Crippen molar-refractivity contribution in [3.05, 3.63) is 78.4 Å². The number of amides is 1. The standard InChI is InChI=1S/C25H24N2O3S/c1-17-11-13-19(14-12-17)26-25(29)18(2)30-24(28)15-16-27-20-7-3-5-9-22(20)31-23-10-6-4-8-21(23)27/h3-14,18H,15-16H2,1-2H3,(H,26,29). The zero-order chi connectivity index (χ0) is 21.8. The molecule has 1 aliphatic heterocycles. The van der Waals surface area contributed by atoms with E-state index >= 15 is 0 Å². The normalized spacial score (nSPS) is 13.0. The zero-order valence-corrected chi connectivity index (χ0v) is 18.3. The number of para-hydroxylation sites is 2. The van der Waals surface area contributed by atoms with Crippen molar-refractivity contribution in [2.45, 2.75) is 36.2 Å². The monoisotopic (exact) mass is 432 g/mol. The molecular formula is C25H24N2O3S. The molecule has 5 nitrogen and oxygen atoms in total. The fourth-order valence-electron chi connectivity index (χ4n) is 3.42. The number of ether oxygens (including phenoxy) is 1. The third-order valence-electron chi connectivity index (χ3n) is 5.07. The number of carbonyl (C=O) groups excluding carboxylic acids is 2. The minimum absolute atomic E-state index is 0.176. The second-order valence-electron chi connectivity index (χ2n) is 7.43. The average Bonchev–Trinajstić information content (AvgIpc) is 2.78. The van der Waals surface area contributed by atoms with Crippen LogP contribution in [0.25, 0.3) is 0 Å². The predicted octanol–water partition coefficient (Wildman–Crippen LogP) is 5.56. The lowest BCUT2D eigenvalue weighted by atomic mass is 10.2. The molecule has 0 bridgehead atoms. The molecule has 0 fully saturated rings. The van der Waals surface area contributed by atoms with Crippen LogP contribution in [0, 0.1) is 6.92 Å². The molecule has 3 aromatic rings. The van der Waals surface area contributed by atoms with Crippen LogP contribution in [0.2, 0.25) is 0 Å². The minimum atomic E-state index is -0.870. The van der Waals surface area contributed by atoms with Gasteiger partial charge in [-0.1, -0.05) is 53.7 Å². The van der Waals surface area contributed by atoms with E-state index in [0.29, 0.717) is 12.2 Å². The van der Waals surface area contributed by atoms with Gasteiger partial charge in [-0.15, -0.1) is 0 Å². The molecular weight excluding hydrogens is 408 g/mol. The van der Waals surface area contributed by atoms with Gasteiger partial charge >= 0.3 is 5.97 Å². The molecule has 3 aromatic carbocycles. The summed E-state index contributed by atoms with van der Waals surface area (Å²) >= 11 is 1.73. The summed E-state index contributed by atoms with van der Waals surface area (Å²) in [6, 6.07) is 23.8. The van der Waals surface area contributed by atoms with Gasteiger partial charge in [-0.3, -0.25) is 9.59 Å². The number of anilines is 3. The molecule has 158 valence electrons.